The van der Waals surface area contributed by atoms with Gasteiger partial charge in [0.15, 0.2) is 0 Å². The lowest BCUT2D eigenvalue weighted by Gasteiger charge is -2.05. The molecular weight excluding hydrogens is 290 g/mol. The third-order valence-corrected chi connectivity index (χ3v) is 3.18. The third-order valence-electron chi connectivity index (χ3n) is 2.93. The van der Waals surface area contributed by atoms with Gasteiger partial charge in [-0.3, -0.25) is 4.79 Å². The fraction of sp³-hybridized carbons (Fsp3) is 0.357. The van der Waals surface area contributed by atoms with Crippen LogP contribution in [0.5, 0.6) is 0 Å². The molecular formula is C14H18ClN5O. The molecule has 0 bridgehead atoms. The quantitative estimate of drug-likeness (QED) is 0.803. The van der Waals surface area contributed by atoms with E-state index in [1.54, 1.807) is 18.3 Å². The summed E-state index contributed by atoms with van der Waals surface area (Å²) >= 11 is 5.81. The number of nitrogens with zero attached hydrogens (tertiary/aromatic N) is 3. The summed E-state index contributed by atoms with van der Waals surface area (Å²) in [7, 11) is 0. The van der Waals surface area contributed by atoms with Gasteiger partial charge in [-0.05, 0) is 37.1 Å². The number of amides is 1. The summed E-state index contributed by atoms with van der Waals surface area (Å²) in [6, 6.07) is 7.35. The van der Waals surface area contributed by atoms with Crippen LogP contribution in [0.2, 0.25) is 5.02 Å². The highest BCUT2D eigenvalue weighted by atomic mass is 35.5. The topological polar surface area (TPSA) is 85.8 Å². The van der Waals surface area contributed by atoms with Crippen molar-refractivity contribution < 1.29 is 4.79 Å². The molecule has 0 aliphatic heterocycles. The van der Waals surface area contributed by atoms with Crippen LogP contribution in [0.1, 0.15) is 17.7 Å². The Balaban J connectivity index is 1.78. The van der Waals surface area contributed by atoms with Crippen molar-refractivity contribution >= 4 is 17.5 Å². The Morgan fingerprint density at radius 1 is 1.33 bits per heavy atom. The van der Waals surface area contributed by atoms with Gasteiger partial charge in [-0.2, -0.15) is 0 Å². The molecule has 1 aromatic heterocycles. The van der Waals surface area contributed by atoms with Gasteiger partial charge < -0.3 is 11.1 Å². The van der Waals surface area contributed by atoms with Gasteiger partial charge in [0.05, 0.1) is 5.69 Å². The van der Waals surface area contributed by atoms with E-state index in [1.807, 2.05) is 12.1 Å². The first-order chi connectivity index (χ1) is 10.2. The first-order valence-electron chi connectivity index (χ1n) is 6.77. The number of carbonyl (C=O) groups is 1. The summed E-state index contributed by atoms with van der Waals surface area (Å²) < 4.78 is 1.53. The summed E-state index contributed by atoms with van der Waals surface area (Å²) in [5, 5.41) is 11.4. The molecule has 1 aromatic carbocycles. The van der Waals surface area contributed by atoms with E-state index >= 15 is 0 Å². The van der Waals surface area contributed by atoms with E-state index in [0.29, 0.717) is 18.1 Å². The van der Waals surface area contributed by atoms with Crippen LogP contribution in [0.4, 0.5) is 0 Å². The predicted molar refractivity (Wildman–Crippen MR) is 80.7 cm³/mol. The number of hydrogen-bond acceptors (Lipinski definition) is 4. The number of benzene rings is 1. The lowest BCUT2D eigenvalue weighted by molar-refractivity contribution is -0.122. The number of rotatable bonds is 7. The summed E-state index contributed by atoms with van der Waals surface area (Å²) in [4.78, 5) is 11.8. The number of hydrogen-bond donors (Lipinski definition) is 2. The van der Waals surface area contributed by atoms with Crippen LogP contribution >= 0.6 is 11.6 Å². The van der Waals surface area contributed by atoms with Crippen molar-refractivity contribution in [3.63, 3.8) is 0 Å². The molecule has 0 unspecified atom stereocenters. The number of halogens is 1. The molecule has 2 rings (SSSR count). The number of aromatic nitrogens is 3. The van der Waals surface area contributed by atoms with E-state index in [0.717, 1.165) is 24.1 Å². The van der Waals surface area contributed by atoms with Gasteiger partial charge in [-0.1, -0.05) is 28.9 Å². The maximum absolute atomic E-state index is 11.8. The molecule has 7 heteroatoms. The molecule has 0 fully saturated rings. The van der Waals surface area contributed by atoms with Gasteiger partial charge in [-0.25, -0.2) is 4.68 Å². The number of carbonyl (C=O) groups excluding carboxylic acids is 1. The van der Waals surface area contributed by atoms with Crippen LogP contribution in [0, 0.1) is 0 Å². The molecule has 1 amide bonds. The highest BCUT2D eigenvalue weighted by molar-refractivity contribution is 6.30. The lowest BCUT2D eigenvalue weighted by atomic mass is 10.2. The summed E-state index contributed by atoms with van der Waals surface area (Å²) in [6.07, 6.45) is 3.42. The molecule has 0 radical (unpaired) electrons. The van der Waals surface area contributed by atoms with E-state index < -0.39 is 0 Å². The SMILES string of the molecule is NCCCc1cn(CC(=O)NCc2ccc(Cl)cc2)nn1. The molecule has 0 aliphatic carbocycles. The average Bonchev–Trinajstić information content (AvgIpc) is 2.92. The van der Waals surface area contributed by atoms with Crippen molar-refractivity contribution in [2.45, 2.75) is 25.9 Å². The summed E-state index contributed by atoms with van der Waals surface area (Å²) in [5.41, 5.74) is 7.29. The van der Waals surface area contributed by atoms with Crippen molar-refractivity contribution in [1.82, 2.24) is 20.3 Å². The molecule has 112 valence electrons. The summed E-state index contributed by atoms with van der Waals surface area (Å²) in [6.45, 7) is 1.24. The minimum Gasteiger partial charge on any atom is -0.350 e. The van der Waals surface area contributed by atoms with Crippen LogP contribution in [0.3, 0.4) is 0 Å². The lowest BCUT2D eigenvalue weighted by Crippen LogP contribution is -2.27. The largest absolute Gasteiger partial charge is 0.350 e. The Labute approximate surface area is 128 Å². The molecule has 21 heavy (non-hydrogen) atoms. The smallest absolute Gasteiger partial charge is 0.242 e. The molecule has 1 heterocycles. The van der Waals surface area contributed by atoms with Crippen LogP contribution in [0.15, 0.2) is 30.5 Å². The fourth-order valence-electron chi connectivity index (χ4n) is 1.82. The van der Waals surface area contributed by atoms with Crippen molar-refractivity contribution in [2.24, 2.45) is 5.73 Å². The van der Waals surface area contributed by atoms with Crippen LogP contribution in [-0.2, 0) is 24.3 Å². The minimum atomic E-state index is -0.111. The van der Waals surface area contributed by atoms with Crippen LogP contribution in [-0.4, -0.2) is 27.4 Å². The second-order valence-electron chi connectivity index (χ2n) is 4.70. The predicted octanol–water partition coefficient (Wildman–Crippen LogP) is 1.14. The standard InChI is InChI=1S/C14H18ClN5O/c15-12-5-3-11(4-6-12)8-17-14(21)10-20-9-13(18-19-20)2-1-7-16/h3-6,9H,1-2,7-8,10,16H2,(H,17,21). The molecule has 3 N–H and O–H groups in total. The minimum absolute atomic E-state index is 0.111. The van der Waals surface area contributed by atoms with E-state index in [-0.39, 0.29) is 12.5 Å². The zero-order valence-electron chi connectivity index (χ0n) is 11.6. The third kappa shape index (κ3) is 5.17. The number of nitrogens with one attached hydrogen (secondary N) is 1. The zero-order chi connectivity index (χ0) is 15.1. The van der Waals surface area contributed by atoms with E-state index in [1.165, 1.54) is 4.68 Å². The number of nitrogens with two attached hydrogens (primary N) is 1. The molecule has 0 aliphatic rings. The van der Waals surface area contributed by atoms with Gasteiger partial charge in [0.2, 0.25) is 5.91 Å². The van der Waals surface area contributed by atoms with Gasteiger partial charge >= 0.3 is 0 Å². The molecule has 6 nitrogen and oxygen atoms in total. The zero-order valence-corrected chi connectivity index (χ0v) is 12.4. The second-order valence-corrected chi connectivity index (χ2v) is 5.14. The maximum Gasteiger partial charge on any atom is 0.242 e. The Kier molecular flexibility index (Phi) is 5.71. The normalized spacial score (nSPS) is 10.6. The van der Waals surface area contributed by atoms with Crippen molar-refractivity contribution in [3.8, 4) is 0 Å². The summed E-state index contributed by atoms with van der Waals surface area (Å²) in [5.74, 6) is -0.111. The van der Waals surface area contributed by atoms with E-state index in [4.69, 9.17) is 17.3 Å². The average molecular weight is 308 g/mol. The Bertz CT molecular complexity index is 581. The highest BCUT2D eigenvalue weighted by Crippen LogP contribution is 2.09. The molecule has 2 aromatic rings. The van der Waals surface area contributed by atoms with Crippen molar-refractivity contribution in [2.75, 3.05) is 6.54 Å². The molecule has 0 atom stereocenters. The maximum atomic E-state index is 11.8. The van der Waals surface area contributed by atoms with Crippen molar-refractivity contribution in [3.05, 3.63) is 46.7 Å². The fourth-order valence-corrected chi connectivity index (χ4v) is 1.95. The number of aryl methyl sites for hydroxylation is 1. The van der Waals surface area contributed by atoms with Crippen LogP contribution in [0.25, 0.3) is 0 Å². The Morgan fingerprint density at radius 3 is 2.81 bits per heavy atom. The van der Waals surface area contributed by atoms with Crippen LogP contribution < -0.4 is 11.1 Å². The molecule has 0 saturated heterocycles. The second kappa shape index (κ2) is 7.75. The monoisotopic (exact) mass is 307 g/mol. The van der Waals surface area contributed by atoms with E-state index in [2.05, 4.69) is 15.6 Å². The first-order valence-corrected chi connectivity index (χ1v) is 7.15. The van der Waals surface area contributed by atoms with Gasteiger partial charge in [-0.15, -0.1) is 5.10 Å². The highest BCUT2D eigenvalue weighted by Gasteiger charge is 2.06. The molecule has 0 saturated carbocycles. The molecule has 0 spiro atoms. The van der Waals surface area contributed by atoms with Crippen molar-refractivity contribution in [1.29, 1.82) is 0 Å². The van der Waals surface area contributed by atoms with E-state index in [9.17, 15) is 4.79 Å². The Morgan fingerprint density at radius 2 is 2.10 bits per heavy atom. The van der Waals surface area contributed by atoms with Gasteiger partial charge in [0.25, 0.3) is 0 Å². The van der Waals surface area contributed by atoms with Gasteiger partial charge in [0, 0.05) is 17.8 Å². The Hall–Kier alpha value is -1.92. The van der Waals surface area contributed by atoms with Gasteiger partial charge in [0.1, 0.15) is 6.54 Å². The first kappa shape index (κ1) is 15.5.